The van der Waals surface area contributed by atoms with Crippen LogP contribution in [-0.4, -0.2) is 12.0 Å². The molecule has 12 heavy (non-hydrogen) atoms. The molecule has 1 heterocycles. The average Bonchev–Trinajstić information content (AvgIpc) is 2.50. The van der Waals surface area contributed by atoms with Gasteiger partial charge in [0.05, 0.1) is 11.2 Å². The van der Waals surface area contributed by atoms with E-state index in [-0.39, 0.29) is 0 Å². The van der Waals surface area contributed by atoms with Crippen LogP contribution in [0, 0.1) is 6.92 Å². The molecular weight excluding hydrogens is 148 g/mol. The van der Waals surface area contributed by atoms with Gasteiger partial charge in [-0.1, -0.05) is 0 Å². The molecule has 0 fully saturated rings. The van der Waals surface area contributed by atoms with Gasteiger partial charge in [-0.15, -0.1) is 0 Å². The molecule has 0 unspecified atom stereocenters. The highest BCUT2D eigenvalue weighted by molar-refractivity contribution is 5.91. The van der Waals surface area contributed by atoms with Gasteiger partial charge in [0.2, 0.25) is 0 Å². The number of aromatic amines is 1. The normalized spacial score (nSPS) is 10.5. The largest absolute Gasteiger partial charge is 0.386 e. The molecule has 0 saturated heterocycles. The van der Waals surface area contributed by atoms with Gasteiger partial charge < -0.3 is 10.3 Å². The van der Waals surface area contributed by atoms with E-state index in [9.17, 15) is 0 Å². The molecule has 0 radical (unpaired) electrons. The molecule has 0 aliphatic heterocycles. The Bertz CT molecular complexity index is 401. The Hall–Kier alpha value is -1.44. The molecule has 0 aliphatic rings. The highest BCUT2D eigenvalue weighted by Gasteiger charge is 2.00. The minimum Gasteiger partial charge on any atom is -0.386 e. The molecule has 2 aromatic rings. The fraction of sp³-hybridized carbons (Fsp3) is 0.200. The van der Waals surface area contributed by atoms with Crippen molar-refractivity contribution in [3.63, 3.8) is 0 Å². The summed E-state index contributed by atoms with van der Waals surface area (Å²) in [6.07, 6.45) is 1.96. The number of rotatable bonds is 1. The van der Waals surface area contributed by atoms with Gasteiger partial charge in [0.1, 0.15) is 0 Å². The van der Waals surface area contributed by atoms with Crippen LogP contribution in [0.5, 0.6) is 0 Å². The summed E-state index contributed by atoms with van der Waals surface area (Å²) >= 11 is 0. The highest BCUT2D eigenvalue weighted by Crippen LogP contribution is 2.23. The van der Waals surface area contributed by atoms with Crippen molar-refractivity contribution in [3.8, 4) is 0 Å². The third-order valence-electron chi connectivity index (χ3n) is 2.07. The SMILES string of the molecule is CNc1cc(C)cc2cc[nH]c12. The van der Waals surface area contributed by atoms with Crippen LogP contribution in [0.1, 0.15) is 5.56 Å². The second-order valence-corrected chi connectivity index (χ2v) is 3.00. The van der Waals surface area contributed by atoms with E-state index in [1.54, 1.807) is 0 Å². The molecule has 62 valence electrons. The number of hydrogen-bond donors (Lipinski definition) is 2. The Morgan fingerprint density at radius 3 is 2.92 bits per heavy atom. The lowest BCUT2D eigenvalue weighted by atomic mass is 10.1. The van der Waals surface area contributed by atoms with Crippen LogP contribution in [0.15, 0.2) is 24.4 Å². The first kappa shape index (κ1) is 7.22. The Morgan fingerprint density at radius 1 is 1.33 bits per heavy atom. The van der Waals surface area contributed by atoms with E-state index >= 15 is 0 Å². The Kier molecular flexibility index (Phi) is 1.54. The maximum absolute atomic E-state index is 3.20. The molecule has 1 aromatic heterocycles. The zero-order valence-corrected chi connectivity index (χ0v) is 7.31. The molecular formula is C10H12N2. The van der Waals surface area contributed by atoms with Gasteiger partial charge >= 0.3 is 0 Å². The van der Waals surface area contributed by atoms with Gasteiger partial charge in [0.15, 0.2) is 0 Å². The number of fused-ring (bicyclic) bond motifs is 1. The quantitative estimate of drug-likeness (QED) is 0.659. The molecule has 0 aliphatic carbocycles. The number of hydrogen-bond acceptors (Lipinski definition) is 1. The second-order valence-electron chi connectivity index (χ2n) is 3.00. The summed E-state index contributed by atoms with van der Waals surface area (Å²) < 4.78 is 0. The van der Waals surface area contributed by atoms with Crippen molar-refractivity contribution in [3.05, 3.63) is 30.0 Å². The summed E-state index contributed by atoms with van der Waals surface area (Å²) in [5.74, 6) is 0. The lowest BCUT2D eigenvalue weighted by Crippen LogP contribution is -1.89. The molecule has 0 amide bonds. The van der Waals surface area contributed by atoms with E-state index in [4.69, 9.17) is 0 Å². The molecule has 2 N–H and O–H groups in total. The highest BCUT2D eigenvalue weighted by atomic mass is 14.8. The van der Waals surface area contributed by atoms with Gasteiger partial charge in [-0.3, -0.25) is 0 Å². The summed E-state index contributed by atoms with van der Waals surface area (Å²) in [5, 5.41) is 4.43. The molecule has 2 rings (SSSR count). The molecule has 1 aromatic carbocycles. The second kappa shape index (κ2) is 2.55. The Morgan fingerprint density at radius 2 is 2.17 bits per heavy atom. The van der Waals surface area contributed by atoms with Gasteiger partial charge in [0, 0.05) is 18.6 Å². The maximum atomic E-state index is 3.20. The number of aryl methyl sites for hydroxylation is 1. The number of benzene rings is 1. The standard InChI is InChI=1S/C10H12N2/c1-7-5-8-3-4-12-10(8)9(6-7)11-2/h3-6,11-12H,1-2H3. The van der Waals surface area contributed by atoms with Gasteiger partial charge in [-0.25, -0.2) is 0 Å². The minimum atomic E-state index is 1.16. The van der Waals surface area contributed by atoms with Crippen LogP contribution in [0.3, 0.4) is 0 Å². The predicted octanol–water partition coefficient (Wildman–Crippen LogP) is 2.52. The third kappa shape index (κ3) is 0.961. The van der Waals surface area contributed by atoms with Crippen LogP contribution >= 0.6 is 0 Å². The molecule has 2 heteroatoms. The maximum Gasteiger partial charge on any atom is 0.0689 e. The predicted molar refractivity (Wildman–Crippen MR) is 52.6 cm³/mol. The van der Waals surface area contributed by atoms with Crippen molar-refractivity contribution in [2.75, 3.05) is 12.4 Å². The van der Waals surface area contributed by atoms with Crippen molar-refractivity contribution >= 4 is 16.6 Å². The lowest BCUT2D eigenvalue weighted by molar-refractivity contribution is 1.42. The first-order chi connectivity index (χ1) is 5.81. The summed E-state index contributed by atoms with van der Waals surface area (Å²) in [4.78, 5) is 3.20. The Balaban J connectivity index is 2.80. The zero-order valence-electron chi connectivity index (χ0n) is 7.31. The fourth-order valence-electron chi connectivity index (χ4n) is 1.52. The van der Waals surface area contributed by atoms with Gasteiger partial charge in [-0.2, -0.15) is 0 Å². The van der Waals surface area contributed by atoms with Crippen LogP contribution in [0.2, 0.25) is 0 Å². The van der Waals surface area contributed by atoms with Crippen LogP contribution < -0.4 is 5.32 Å². The van der Waals surface area contributed by atoms with Crippen molar-refractivity contribution in [2.45, 2.75) is 6.92 Å². The van der Waals surface area contributed by atoms with Crippen molar-refractivity contribution in [2.24, 2.45) is 0 Å². The number of anilines is 1. The van der Waals surface area contributed by atoms with Crippen LogP contribution in [0.4, 0.5) is 5.69 Å². The first-order valence-electron chi connectivity index (χ1n) is 4.07. The van der Waals surface area contributed by atoms with E-state index < -0.39 is 0 Å². The monoisotopic (exact) mass is 160 g/mol. The topological polar surface area (TPSA) is 27.8 Å². The summed E-state index contributed by atoms with van der Waals surface area (Å²) in [6, 6.07) is 6.40. The van der Waals surface area contributed by atoms with Crippen LogP contribution in [0.25, 0.3) is 10.9 Å². The molecule has 2 nitrogen and oxygen atoms in total. The van der Waals surface area contributed by atoms with Gasteiger partial charge in [0.25, 0.3) is 0 Å². The molecule has 0 bridgehead atoms. The first-order valence-corrected chi connectivity index (χ1v) is 4.07. The average molecular weight is 160 g/mol. The van der Waals surface area contributed by atoms with E-state index in [0.29, 0.717) is 0 Å². The van der Waals surface area contributed by atoms with E-state index in [1.165, 1.54) is 16.5 Å². The van der Waals surface area contributed by atoms with Crippen molar-refractivity contribution < 1.29 is 0 Å². The van der Waals surface area contributed by atoms with Crippen molar-refractivity contribution in [1.82, 2.24) is 4.98 Å². The lowest BCUT2D eigenvalue weighted by Gasteiger charge is -2.03. The number of H-pyrrole nitrogens is 1. The molecule has 0 saturated carbocycles. The van der Waals surface area contributed by atoms with E-state index in [1.807, 2.05) is 13.2 Å². The summed E-state index contributed by atoms with van der Waals surface area (Å²) in [5.41, 5.74) is 3.63. The zero-order chi connectivity index (χ0) is 8.55. The fourth-order valence-corrected chi connectivity index (χ4v) is 1.52. The van der Waals surface area contributed by atoms with Gasteiger partial charge in [-0.05, 0) is 30.7 Å². The molecule has 0 spiro atoms. The Labute approximate surface area is 71.6 Å². The summed E-state index contributed by atoms with van der Waals surface area (Å²) in [6.45, 7) is 2.10. The molecule has 0 atom stereocenters. The minimum absolute atomic E-state index is 1.16. The van der Waals surface area contributed by atoms with Crippen LogP contribution in [-0.2, 0) is 0 Å². The smallest absolute Gasteiger partial charge is 0.0689 e. The third-order valence-corrected chi connectivity index (χ3v) is 2.07. The van der Waals surface area contributed by atoms with E-state index in [0.717, 1.165) is 5.69 Å². The number of aromatic nitrogens is 1. The summed E-state index contributed by atoms with van der Waals surface area (Å²) in [7, 11) is 1.94. The van der Waals surface area contributed by atoms with E-state index in [2.05, 4.69) is 35.4 Å². The van der Waals surface area contributed by atoms with Crippen molar-refractivity contribution in [1.29, 1.82) is 0 Å². The number of nitrogens with one attached hydrogen (secondary N) is 2.